The van der Waals surface area contributed by atoms with Gasteiger partial charge in [-0.05, 0) is 38.1 Å². The average molecular weight is 291 g/mol. The minimum atomic E-state index is -0.692. The maximum atomic E-state index is 9.97. The van der Waals surface area contributed by atoms with Crippen LogP contribution in [0, 0.1) is 0 Å². The number of hydrogen-bond acceptors (Lipinski definition) is 5. The third-order valence-electron chi connectivity index (χ3n) is 2.91. The summed E-state index contributed by atoms with van der Waals surface area (Å²) in [6.45, 7) is 5.37. The molecule has 0 aliphatic carbocycles. The lowest BCUT2D eigenvalue weighted by atomic mass is 10.2. The molecule has 1 atom stereocenters. The summed E-state index contributed by atoms with van der Waals surface area (Å²) in [6.07, 6.45) is 0.852. The molecular weight excluding hydrogens is 270 g/mol. The second-order valence-corrected chi connectivity index (χ2v) is 4.44. The van der Waals surface area contributed by atoms with Crippen molar-refractivity contribution in [2.75, 3.05) is 25.1 Å². The van der Waals surface area contributed by atoms with Gasteiger partial charge in [-0.2, -0.15) is 0 Å². The summed E-state index contributed by atoms with van der Waals surface area (Å²) in [5.41, 5.74) is 0.854. The number of nitrogens with one attached hydrogen (secondary N) is 1. The highest BCUT2D eigenvalue weighted by Gasteiger charge is 2.11. The Labute approximate surface area is 124 Å². The molecule has 114 valence electrons. The van der Waals surface area contributed by atoms with Crippen LogP contribution in [0.4, 0.5) is 5.69 Å². The molecule has 0 aliphatic heterocycles. The van der Waals surface area contributed by atoms with Crippen LogP contribution in [0.5, 0.6) is 11.5 Å². The van der Waals surface area contributed by atoms with E-state index in [1.165, 1.54) is 0 Å². The van der Waals surface area contributed by atoms with Crippen molar-refractivity contribution in [3.63, 3.8) is 0 Å². The Morgan fingerprint density at radius 2 is 1.90 bits per heavy atom. The zero-order chi connectivity index (χ0) is 15.1. The van der Waals surface area contributed by atoms with Gasteiger partial charge in [0.2, 0.25) is 0 Å². The SMILES string of the molecule is CCOc1ccc(NCC(O)c2ccco2)cc1OCC. The van der Waals surface area contributed by atoms with Crippen LogP contribution in [0.2, 0.25) is 0 Å². The predicted molar refractivity (Wildman–Crippen MR) is 80.9 cm³/mol. The Bertz CT molecular complexity index is 539. The fourth-order valence-corrected chi connectivity index (χ4v) is 1.96. The fourth-order valence-electron chi connectivity index (χ4n) is 1.96. The second-order valence-electron chi connectivity index (χ2n) is 4.44. The Hall–Kier alpha value is -2.14. The molecule has 21 heavy (non-hydrogen) atoms. The van der Waals surface area contributed by atoms with Gasteiger partial charge in [0, 0.05) is 18.3 Å². The number of aliphatic hydroxyl groups excluding tert-OH is 1. The molecule has 0 fully saturated rings. The first-order chi connectivity index (χ1) is 10.2. The van der Waals surface area contributed by atoms with Crippen LogP contribution < -0.4 is 14.8 Å². The third kappa shape index (κ3) is 4.16. The van der Waals surface area contributed by atoms with E-state index in [1.54, 1.807) is 18.4 Å². The van der Waals surface area contributed by atoms with Crippen molar-refractivity contribution in [3.8, 4) is 11.5 Å². The molecule has 0 saturated carbocycles. The first-order valence-electron chi connectivity index (χ1n) is 7.09. The van der Waals surface area contributed by atoms with Crippen LogP contribution in [-0.2, 0) is 0 Å². The van der Waals surface area contributed by atoms with Crippen molar-refractivity contribution in [1.82, 2.24) is 0 Å². The molecule has 2 N–H and O–H groups in total. The van der Waals surface area contributed by atoms with Gasteiger partial charge in [0.1, 0.15) is 11.9 Å². The molecule has 0 amide bonds. The zero-order valence-electron chi connectivity index (χ0n) is 12.3. The van der Waals surface area contributed by atoms with E-state index in [4.69, 9.17) is 13.9 Å². The van der Waals surface area contributed by atoms with Gasteiger partial charge >= 0.3 is 0 Å². The minimum Gasteiger partial charge on any atom is -0.490 e. The fraction of sp³-hybridized carbons (Fsp3) is 0.375. The summed E-state index contributed by atoms with van der Waals surface area (Å²) in [5, 5.41) is 13.1. The molecule has 5 heteroatoms. The molecule has 0 bridgehead atoms. The van der Waals surface area contributed by atoms with Gasteiger partial charge in [-0.15, -0.1) is 0 Å². The van der Waals surface area contributed by atoms with Crippen LogP contribution in [0.1, 0.15) is 25.7 Å². The summed E-state index contributed by atoms with van der Waals surface area (Å²) in [6, 6.07) is 9.11. The zero-order valence-corrected chi connectivity index (χ0v) is 12.3. The van der Waals surface area contributed by atoms with E-state index in [2.05, 4.69) is 5.32 Å². The van der Waals surface area contributed by atoms with Crippen molar-refractivity contribution in [1.29, 1.82) is 0 Å². The maximum absolute atomic E-state index is 9.97. The Morgan fingerprint density at radius 1 is 1.14 bits per heavy atom. The van der Waals surface area contributed by atoms with Gasteiger partial charge in [-0.3, -0.25) is 0 Å². The Morgan fingerprint density at radius 3 is 2.57 bits per heavy atom. The lowest BCUT2D eigenvalue weighted by Crippen LogP contribution is -2.11. The van der Waals surface area contributed by atoms with Gasteiger partial charge in [0.15, 0.2) is 11.5 Å². The Balaban J connectivity index is 2.01. The standard InChI is InChI=1S/C16H21NO4/c1-3-19-15-8-7-12(10-16(15)20-4-2)17-11-13(18)14-6-5-9-21-14/h5-10,13,17-18H,3-4,11H2,1-2H3. The van der Waals surface area contributed by atoms with E-state index < -0.39 is 6.10 Å². The number of hydrogen-bond donors (Lipinski definition) is 2. The lowest BCUT2D eigenvalue weighted by Gasteiger charge is -2.14. The maximum Gasteiger partial charge on any atom is 0.163 e. The lowest BCUT2D eigenvalue weighted by molar-refractivity contribution is 0.162. The highest BCUT2D eigenvalue weighted by molar-refractivity contribution is 5.54. The second kappa shape index (κ2) is 7.59. The van der Waals surface area contributed by atoms with Crippen LogP contribution in [-0.4, -0.2) is 24.9 Å². The third-order valence-corrected chi connectivity index (χ3v) is 2.91. The van der Waals surface area contributed by atoms with Crippen molar-refractivity contribution in [2.45, 2.75) is 20.0 Å². The van der Waals surface area contributed by atoms with E-state index in [0.717, 1.165) is 11.4 Å². The van der Waals surface area contributed by atoms with Gasteiger partial charge in [-0.25, -0.2) is 0 Å². The summed E-state index contributed by atoms with van der Waals surface area (Å²) in [5.74, 6) is 1.95. The van der Waals surface area contributed by atoms with Crippen LogP contribution in [0.15, 0.2) is 41.0 Å². The summed E-state index contributed by atoms with van der Waals surface area (Å²) < 4.78 is 16.2. The molecule has 5 nitrogen and oxygen atoms in total. The molecule has 1 aromatic heterocycles. The number of anilines is 1. The predicted octanol–water partition coefficient (Wildman–Crippen LogP) is 3.22. The monoisotopic (exact) mass is 291 g/mol. The van der Waals surface area contributed by atoms with Crippen LogP contribution in [0.3, 0.4) is 0 Å². The smallest absolute Gasteiger partial charge is 0.163 e. The largest absolute Gasteiger partial charge is 0.490 e. The van der Waals surface area contributed by atoms with Crippen molar-refractivity contribution >= 4 is 5.69 Å². The van der Waals surface area contributed by atoms with Gasteiger partial charge < -0.3 is 24.3 Å². The van der Waals surface area contributed by atoms with Crippen molar-refractivity contribution in [2.24, 2.45) is 0 Å². The van der Waals surface area contributed by atoms with E-state index in [-0.39, 0.29) is 0 Å². The highest BCUT2D eigenvalue weighted by Crippen LogP contribution is 2.30. The molecule has 0 aliphatic rings. The van der Waals surface area contributed by atoms with E-state index in [1.807, 2.05) is 32.0 Å². The number of furan rings is 1. The molecule has 0 spiro atoms. The van der Waals surface area contributed by atoms with E-state index >= 15 is 0 Å². The van der Waals surface area contributed by atoms with Crippen molar-refractivity contribution in [3.05, 3.63) is 42.4 Å². The van der Waals surface area contributed by atoms with E-state index in [9.17, 15) is 5.11 Å². The molecular formula is C16H21NO4. The molecule has 2 aromatic rings. The molecule has 0 saturated heterocycles. The van der Waals surface area contributed by atoms with Gasteiger partial charge in [0.25, 0.3) is 0 Å². The van der Waals surface area contributed by atoms with E-state index in [0.29, 0.717) is 31.3 Å². The van der Waals surface area contributed by atoms with Gasteiger partial charge in [0.05, 0.1) is 19.5 Å². The first kappa shape index (κ1) is 15.3. The molecule has 0 radical (unpaired) electrons. The van der Waals surface area contributed by atoms with Crippen LogP contribution in [0.25, 0.3) is 0 Å². The summed E-state index contributed by atoms with van der Waals surface area (Å²) in [7, 11) is 0. The topological polar surface area (TPSA) is 63.9 Å². The number of aliphatic hydroxyl groups is 1. The molecule has 2 rings (SSSR count). The average Bonchev–Trinajstić information content (AvgIpc) is 3.02. The van der Waals surface area contributed by atoms with Crippen molar-refractivity contribution < 1.29 is 19.0 Å². The summed E-state index contributed by atoms with van der Waals surface area (Å²) >= 11 is 0. The normalized spacial score (nSPS) is 12.0. The molecule has 1 unspecified atom stereocenters. The van der Waals surface area contributed by atoms with Gasteiger partial charge in [-0.1, -0.05) is 0 Å². The Kier molecular flexibility index (Phi) is 5.51. The highest BCUT2D eigenvalue weighted by atomic mass is 16.5. The number of benzene rings is 1. The molecule has 1 heterocycles. The van der Waals surface area contributed by atoms with Crippen LogP contribution >= 0.6 is 0 Å². The quantitative estimate of drug-likeness (QED) is 0.782. The summed E-state index contributed by atoms with van der Waals surface area (Å²) in [4.78, 5) is 0. The minimum absolute atomic E-state index is 0.354. The number of ether oxygens (including phenoxy) is 2. The first-order valence-corrected chi connectivity index (χ1v) is 7.09. The molecule has 1 aromatic carbocycles. The number of rotatable bonds is 8.